The van der Waals surface area contributed by atoms with E-state index in [1.807, 2.05) is 0 Å². The molecular weight excluding hydrogens is 252 g/mol. The topological polar surface area (TPSA) is 0 Å². The zero-order chi connectivity index (χ0) is 14.3. The molecule has 0 aliphatic heterocycles. The van der Waals surface area contributed by atoms with E-state index in [4.69, 9.17) is 0 Å². The van der Waals surface area contributed by atoms with Gasteiger partial charge in [-0.15, -0.1) is 0 Å². The summed E-state index contributed by atoms with van der Waals surface area (Å²) in [7, 11) is 0. The van der Waals surface area contributed by atoms with E-state index < -0.39 is 0 Å². The summed E-state index contributed by atoms with van der Waals surface area (Å²) in [4.78, 5) is 0. The Hall–Kier alpha value is -1.82. The summed E-state index contributed by atoms with van der Waals surface area (Å²) in [5.41, 5.74) is 6.52. The molecule has 2 aromatic carbocycles. The Labute approximate surface area is 127 Å². The molecule has 106 valence electrons. The van der Waals surface area contributed by atoms with E-state index >= 15 is 0 Å². The summed E-state index contributed by atoms with van der Waals surface area (Å²) in [6.07, 6.45) is 7.67. The van der Waals surface area contributed by atoms with Crippen molar-refractivity contribution in [2.24, 2.45) is 5.41 Å². The van der Waals surface area contributed by atoms with Crippen molar-refractivity contribution in [1.82, 2.24) is 0 Å². The number of aryl methyl sites for hydroxylation is 1. The summed E-state index contributed by atoms with van der Waals surface area (Å²) < 4.78 is 0. The lowest BCUT2D eigenvalue weighted by molar-refractivity contribution is 0.221. The van der Waals surface area contributed by atoms with Crippen molar-refractivity contribution in [2.45, 2.75) is 38.5 Å². The van der Waals surface area contributed by atoms with Gasteiger partial charge in [-0.2, -0.15) is 0 Å². The highest BCUT2D eigenvalue weighted by Gasteiger charge is 2.40. The highest BCUT2D eigenvalue weighted by Crippen LogP contribution is 2.53. The van der Waals surface area contributed by atoms with Crippen LogP contribution in [0.5, 0.6) is 0 Å². The number of allylic oxidation sites excluding steroid dienone is 2. The molecule has 21 heavy (non-hydrogen) atoms. The molecule has 0 amide bonds. The molecule has 0 heterocycles. The largest absolute Gasteiger partial charge is 0.0726 e. The van der Waals surface area contributed by atoms with Crippen molar-refractivity contribution < 1.29 is 0 Å². The first-order valence-corrected chi connectivity index (χ1v) is 8.10. The predicted octanol–water partition coefficient (Wildman–Crippen LogP) is 5.60. The van der Waals surface area contributed by atoms with Crippen molar-refractivity contribution in [3.63, 3.8) is 0 Å². The molecule has 0 bridgehead atoms. The van der Waals surface area contributed by atoms with Crippen LogP contribution in [-0.4, -0.2) is 0 Å². The molecule has 0 saturated carbocycles. The maximum Gasteiger partial charge on any atom is 0.00808 e. The molecule has 2 aromatic rings. The molecule has 0 saturated heterocycles. The van der Waals surface area contributed by atoms with Crippen molar-refractivity contribution in [3.05, 3.63) is 77.4 Å². The molecular formula is C21H22. The lowest BCUT2D eigenvalue weighted by atomic mass is 9.59. The van der Waals surface area contributed by atoms with Gasteiger partial charge in [0.05, 0.1) is 0 Å². The van der Waals surface area contributed by atoms with Crippen LogP contribution in [0.4, 0.5) is 0 Å². The third-order valence-electron chi connectivity index (χ3n) is 5.58. The van der Waals surface area contributed by atoms with E-state index in [1.54, 1.807) is 11.1 Å². The SMILES string of the molecule is C[C@]12CCC(c3ccccc3)=C[C@@H]1c1ccccc1CC2. The van der Waals surface area contributed by atoms with Gasteiger partial charge in [0.15, 0.2) is 0 Å². The average molecular weight is 274 g/mol. The standard InChI is InChI=1S/C21H22/c1-21-13-11-17-9-5-6-10-19(17)20(21)15-18(12-14-21)16-7-3-2-4-8-16/h2-10,15,20H,11-14H2,1H3/t20-,21+/m1/s1. The summed E-state index contributed by atoms with van der Waals surface area (Å²) in [5, 5.41) is 0. The number of hydrogen-bond acceptors (Lipinski definition) is 0. The zero-order valence-corrected chi connectivity index (χ0v) is 12.7. The highest BCUT2D eigenvalue weighted by atomic mass is 14.4. The van der Waals surface area contributed by atoms with Crippen molar-refractivity contribution in [3.8, 4) is 0 Å². The third-order valence-corrected chi connectivity index (χ3v) is 5.58. The third kappa shape index (κ3) is 2.14. The fraction of sp³-hybridized carbons (Fsp3) is 0.333. The Morgan fingerprint density at radius 3 is 2.43 bits per heavy atom. The van der Waals surface area contributed by atoms with Crippen LogP contribution in [0.15, 0.2) is 60.7 Å². The number of benzene rings is 2. The molecule has 0 nitrogen and oxygen atoms in total. The van der Waals surface area contributed by atoms with Gasteiger partial charge in [-0.25, -0.2) is 0 Å². The number of rotatable bonds is 1. The Bertz CT molecular complexity index is 680. The lowest BCUT2D eigenvalue weighted by Crippen LogP contribution is -2.32. The van der Waals surface area contributed by atoms with Gasteiger partial charge < -0.3 is 0 Å². The van der Waals surface area contributed by atoms with Crippen LogP contribution in [0.25, 0.3) is 5.57 Å². The molecule has 0 fully saturated rings. The van der Waals surface area contributed by atoms with E-state index in [1.165, 1.54) is 36.8 Å². The molecule has 0 N–H and O–H groups in total. The maximum absolute atomic E-state index is 2.57. The van der Waals surface area contributed by atoms with Crippen molar-refractivity contribution >= 4 is 5.57 Å². The van der Waals surface area contributed by atoms with Crippen LogP contribution in [-0.2, 0) is 6.42 Å². The smallest absolute Gasteiger partial charge is 0.00808 e. The monoisotopic (exact) mass is 274 g/mol. The van der Waals surface area contributed by atoms with E-state index in [0.717, 1.165) is 0 Å². The Kier molecular flexibility index (Phi) is 2.99. The predicted molar refractivity (Wildman–Crippen MR) is 89.3 cm³/mol. The Balaban J connectivity index is 1.81. The quantitative estimate of drug-likeness (QED) is 0.635. The minimum absolute atomic E-state index is 0.451. The normalized spacial score (nSPS) is 27.5. The molecule has 4 rings (SSSR count). The Morgan fingerprint density at radius 1 is 0.857 bits per heavy atom. The van der Waals surface area contributed by atoms with Crippen LogP contribution < -0.4 is 0 Å². The number of hydrogen-bond donors (Lipinski definition) is 0. The fourth-order valence-corrected chi connectivity index (χ4v) is 4.19. The van der Waals surface area contributed by atoms with Gasteiger partial charge in [0.25, 0.3) is 0 Å². The maximum atomic E-state index is 2.57. The lowest BCUT2D eigenvalue weighted by Gasteiger charge is -2.45. The fourth-order valence-electron chi connectivity index (χ4n) is 4.19. The molecule has 2 aliphatic carbocycles. The molecule has 2 aliphatic rings. The van der Waals surface area contributed by atoms with Crippen LogP contribution >= 0.6 is 0 Å². The summed E-state index contributed by atoms with van der Waals surface area (Å²) in [6, 6.07) is 20.0. The van der Waals surface area contributed by atoms with Gasteiger partial charge in [0.2, 0.25) is 0 Å². The molecule has 2 atom stereocenters. The molecule has 0 unspecified atom stereocenters. The van der Waals surface area contributed by atoms with Gasteiger partial charge in [-0.3, -0.25) is 0 Å². The van der Waals surface area contributed by atoms with Crippen molar-refractivity contribution in [1.29, 1.82) is 0 Å². The summed E-state index contributed by atoms with van der Waals surface area (Å²) in [6.45, 7) is 2.49. The van der Waals surface area contributed by atoms with E-state index in [2.05, 4.69) is 67.6 Å². The Morgan fingerprint density at radius 2 is 1.57 bits per heavy atom. The zero-order valence-electron chi connectivity index (χ0n) is 12.7. The van der Waals surface area contributed by atoms with E-state index in [9.17, 15) is 0 Å². The molecule has 0 aromatic heterocycles. The first-order chi connectivity index (χ1) is 10.3. The first kappa shape index (κ1) is 12.9. The second kappa shape index (κ2) is 4.87. The highest BCUT2D eigenvalue weighted by molar-refractivity contribution is 5.68. The van der Waals surface area contributed by atoms with Gasteiger partial charge in [0.1, 0.15) is 0 Å². The van der Waals surface area contributed by atoms with E-state index in [0.29, 0.717) is 11.3 Å². The van der Waals surface area contributed by atoms with Gasteiger partial charge in [-0.1, -0.05) is 67.6 Å². The van der Waals surface area contributed by atoms with Gasteiger partial charge >= 0.3 is 0 Å². The van der Waals surface area contributed by atoms with Crippen LogP contribution in [0.2, 0.25) is 0 Å². The molecule has 0 heteroatoms. The van der Waals surface area contributed by atoms with E-state index in [-0.39, 0.29) is 0 Å². The molecule has 0 spiro atoms. The van der Waals surface area contributed by atoms with Crippen LogP contribution in [0.1, 0.15) is 48.8 Å². The average Bonchev–Trinajstić information content (AvgIpc) is 2.55. The van der Waals surface area contributed by atoms with Gasteiger partial charge in [-0.05, 0) is 53.4 Å². The minimum atomic E-state index is 0.451. The number of fused-ring (bicyclic) bond motifs is 3. The van der Waals surface area contributed by atoms with Gasteiger partial charge in [0, 0.05) is 5.92 Å². The van der Waals surface area contributed by atoms with Crippen molar-refractivity contribution in [2.75, 3.05) is 0 Å². The summed E-state index contributed by atoms with van der Waals surface area (Å²) in [5.74, 6) is 0.589. The first-order valence-electron chi connectivity index (χ1n) is 8.10. The minimum Gasteiger partial charge on any atom is -0.0726 e. The van der Waals surface area contributed by atoms with Crippen LogP contribution in [0, 0.1) is 5.41 Å². The summed E-state index contributed by atoms with van der Waals surface area (Å²) >= 11 is 0. The molecule has 0 radical (unpaired) electrons. The van der Waals surface area contributed by atoms with Crippen LogP contribution in [0.3, 0.4) is 0 Å². The second-order valence-electron chi connectivity index (χ2n) is 6.89. The second-order valence-corrected chi connectivity index (χ2v) is 6.89.